The van der Waals surface area contributed by atoms with E-state index in [2.05, 4.69) is 36.1 Å². The van der Waals surface area contributed by atoms with E-state index in [4.69, 9.17) is 9.47 Å². The van der Waals surface area contributed by atoms with Crippen molar-refractivity contribution in [1.82, 2.24) is 4.90 Å². The van der Waals surface area contributed by atoms with Gasteiger partial charge < -0.3 is 14.6 Å². The lowest BCUT2D eigenvalue weighted by atomic mass is 9.93. The summed E-state index contributed by atoms with van der Waals surface area (Å²) in [5.41, 5.74) is 2.35. The summed E-state index contributed by atoms with van der Waals surface area (Å²) in [6.07, 6.45) is 1.33. The van der Waals surface area contributed by atoms with E-state index in [1.807, 2.05) is 36.4 Å². The lowest BCUT2D eigenvalue weighted by molar-refractivity contribution is -0.0811. The number of aliphatic hydroxyl groups excluding tert-OH is 1. The minimum atomic E-state index is -0.253. The summed E-state index contributed by atoms with van der Waals surface area (Å²) in [7, 11) is 0. The normalized spacial score (nSPS) is 31.0. The molecule has 0 aromatic heterocycles. The molecular formula is C23H29NO3. The van der Waals surface area contributed by atoms with Crippen molar-refractivity contribution in [2.24, 2.45) is 0 Å². The zero-order valence-corrected chi connectivity index (χ0v) is 15.9. The number of ether oxygens (including phenoxy) is 2. The zero-order valence-electron chi connectivity index (χ0n) is 15.9. The first-order valence-electron chi connectivity index (χ1n) is 9.95. The van der Waals surface area contributed by atoms with Gasteiger partial charge in [0.1, 0.15) is 6.10 Å². The Hall–Kier alpha value is -1.72. The Morgan fingerprint density at radius 3 is 2.11 bits per heavy atom. The maximum atomic E-state index is 10.3. The van der Waals surface area contributed by atoms with Crippen LogP contribution in [-0.4, -0.2) is 46.9 Å². The molecule has 27 heavy (non-hydrogen) atoms. The van der Waals surface area contributed by atoms with E-state index in [-0.39, 0.29) is 24.4 Å². The Bertz CT molecular complexity index is 708. The molecule has 0 amide bonds. The molecule has 0 aliphatic carbocycles. The average Bonchev–Trinajstić information content (AvgIpc) is 3.04. The number of piperidine rings is 1. The molecule has 5 atom stereocenters. The van der Waals surface area contributed by atoms with Crippen molar-refractivity contribution in [3.63, 3.8) is 0 Å². The second-order valence-corrected chi connectivity index (χ2v) is 7.83. The second-order valence-electron chi connectivity index (χ2n) is 7.83. The summed E-state index contributed by atoms with van der Waals surface area (Å²) in [6, 6.07) is 21.1. The molecule has 0 unspecified atom stereocenters. The minimum Gasteiger partial charge on any atom is -0.393 e. The highest BCUT2D eigenvalue weighted by molar-refractivity contribution is 5.15. The van der Waals surface area contributed by atoms with E-state index in [0.29, 0.717) is 19.3 Å². The van der Waals surface area contributed by atoms with Gasteiger partial charge in [-0.3, -0.25) is 4.90 Å². The molecule has 0 radical (unpaired) electrons. The van der Waals surface area contributed by atoms with E-state index in [9.17, 15) is 5.11 Å². The third kappa shape index (κ3) is 4.41. The van der Waals surface area contributed by atoms with Crippen LogP contribution in [0.4, 0.5) is 0 Å². The van der Waals surface area contributed by atoms with Gasteiger partial charge >= 0.3 is 0 Å². The molecule has 2 aliphatic heterocycles. The van der Waals surface area contributed by atoms with Crippen molar-refractivity contribution >= 4 is 0 Å². The third-order valence-corrected chi connectivity index (χ3v) is 5.85. The Morgan fingerprint density at radius 2 is 1.48 bits per heavy atom. The highest BCUT2D eigenvalue weighted by Gasteiger charge is 2.48. The molecule has 0 bridgehead atoms. The predicted octanol–water partition coefficient (Wildman–Crippen LogP) is 3.38. The van der Waals surface area contributed by atoms with Gasteiger partial charge in [0.25, 0.3) is 0 Å². The van der Waals surface area contributed by atoms with Gasteiger partial charge in [-0.25, -0.2) is 0 Å². The standard InChI is InChI=1S/C23H29NO3/c1-17-12-20(25)13-21-23(27-16-19-10-6-3-7-11-19)22(14-24(17)21)26-15-18-8-4-2-5-9-18/h2-11,17,20-23,25H,12-16H2,1H3/t17-,20+,21-,22-,23-/m1/s1. The number of benzene rings is 2. The van der Waals surface area contributed by atoms with Gasteiger partial charge in [0.15, 0.2) is 0 Å². The molecule has 0 saturated carbocycles. The zero-order chi connectivity index (χ0) is 18.6. The molecule has 4 rings (SSSR count). The maximum absolute atomic E-state index is 10.3. The Kier molecular flexibility index (Phi) is 5.89. The van der Waals surface area contributed by atoms with Crippen LogP contribution in [0.5, 0.6) is 0 Å². The van der Waals surface area contributed by atoms with Crippen LogP contribution in [0.3, 0.4) is 0 Å². The van der Waals surface area contributed by atoms with E-state index in [0.717, 1.165) is 19.4 Å². The van der Waals surface area contributed by atoms with Gasteiger partial charge in [-0.1, -0.05) is 60.7 Å². The Morgan fingerprint density at radius 1 is 0.889 bits per heavy atom. The molecule has 1 N–H and O–H groups in total. The molecule has 2 aliphatic rings. The van der Waals surface area contributed by atoms with Crippen LogP contribution < -0.4 is 0 Å². The fourth-order valence-electron chi connectivity index (χ4n) is 4.47. The Labute approximate surface area is 161 Å². The summed E-state index contributed by atoms with van der Waals surface area (Å²) < 4.78 is 12.7. The van der Waals surface area contributed by atoms with Crippen molar-refractivity contribution in [2.45, 2.75) is 63.4 Å². The van der Waals surface area contributed by atoms with Crippen molar-refractivity contribution in [3.05, 3.63) is 71.8 Å². The van der Waals surface area contributed by atoms with Gasteiger partial charge in [-0.05, 0) is 30.9 Å². The highest BCUT2D eigenvalue weighted by atomic mass is 16.5. The Balaban J connectivity index is 1.46. The molecular weight excluding hydrogens is 338 g/mol. The number of aliphatic hydroxyl groups is 1. The van der Waals surface area contributed by atoms with Gasteiger partial charge in [-0.2, -0.15) is 0 Å². The molecule has 2 saturated heterocycles. The lowest BCUT2D eigenvalue weighted by Gasteiger charge is -2.39. The molecule has 4 heteroatoms. The quantitative estimate of drug-likeness (QED) is 0.850. The minimum absolute atomic E-state index is 0.0201. The van der Waals surface area contributed by atoms with Crippen molar-refractivity contribution in [2.75, 3.05) is 6.54 Å². The van der Waals surface area contributed by atoms with E-state index in [1.165, 1.54) is 11.1 Å². The van der Waals surface area contributed by atoms with Crippen LogP contribution in [0.15, 0.2) is 60.7 Å². The van der Waals surface area contributed by atoms with Gasteiger partial charge in [0.05, 0.1) is 25.4 Å². The first-order valence-corrected chi connectivity index (χ1v) is 9.95. The first kappa shape index (κ1) is 18.6. The number of rotatable bonds is 6. The molecule has 4 nitrogen and oxygen atoms in total. The smallest absolute Gasteiger partial charge is 0.101 e. The summed E-state index contributed by atoms with van der Waals surface area (Å²) >= 11 is 0. The summed E-state index contributed by atoms with van der Waals surface area (Å²) in [5, 5.41) is 10.3. The summed E-state index contributed by atoms with van der Waals surface area (Å²) in [5.74, 6) is 0. The number of hydrogen-bond donors (Lipinski definition) is 1. The monoisotopic (exact) mass is 367 g/mol. The molecule has 2 aromatic carbocycles. The molecule has 2 fully saturated rings. The van der Waals surface area contributed by atoms with Crippen molar-refractivity contribution in [1.29, 1.82) is 0 Å². The molecule has 2 heterocycles. The fourth-order valence-corrected chi connectivity index (χ4v) is 4.47. The topological polar surface area (TPSA) is 41.9 Å². The summed E-state index contributed by atoms with van der Waals surface area (Å²) in [6.45, 7) is 4.23. The number of fused-ring (bicyclic) bond motifs is 1. The number of hydrogen-bond acceptors (Lipinski definition) is 4. The van der Waals surface area contributed by atoms with Gasteiger partial charge in [0.2, 0.25) is 0 Å². The fraction of sp³-hybridized carbons (Fsp3) is 0.478. The van der Waals surface area contributed by atoms with E-state index < -0.39 is 0 Å². The van der Waals surface area contributed by atoms with Gasteiger partial charge in [0, 0.05) is 18.6 Å². The van der Waals surface area contributed by atoms with E-state index >= 15 is 0 Å². The molecule has 0 spiro atoms. The largest absolute Gasteiger partial charge is 0.393 e. The summed E-state index contributed by atoms with van der Waals surface area (Å²) in [4.78, 5) is 2.47. The van der Waals surface area contributed by atoms with E-state index in [1.54, 1.807) is 0 Å². The van der Waals surface area contributed by atoms with Crippen LogP contribution >= 0.6 is 0 Å². The van der Waals surface area contributed by atoms with Crippen molar-refractivity contribution < 1.29 is 14.6 Å². The maximum Gasteiger partial charge on any atom is 0.101 e. The third-order valence-electron chi connectivity index (χ3n) is 5.85. The van der Waals surface area contributed by atoms with Crippen LogP contribution in [0.2, 0.25) is 0 Å². The first-order chi connectivity index (χ1) is 13.2. The second kappa shape index (κ2) is 8.53. The molecule has 144 valence electrons. The van der Waals surface area contributed by atoms with Crippen LogP contribution in [-0.2, 0) is 22.7 Å². The lowest BCUT2D eigenvalue weighted by Crippen LogP contribution is -2.49. The SMILES string of the molecule is C[C@@H]1C[C@H](O)C[C@@H]2[C@@H](OCc3ccccc3)[C@H](OCc3ccccc3)CN12. The predicted molar refractivity (Wildman–Crippen MR) is 105 cm³/mol. The van der Waals surface area contributed by atoms with Crippen LogP contribution in [0, 0.1) is 0 Å². The van der Waals surface area contributed by atoms with Crippen LogP contribution in [0.1, 0.15) is 30.9 Å². The average molecular weight is 367 g/mol. The van der Waals surface area contributed by atoms with Crippen LogP contribution in [0.25, 0.3) is 0 Å². The highest BCUT2D eigenvalue weighted by Crippen LogP contribution is 2.35. The van der Waals surface area contributed by atoms with Crippen molar-refractivity contribution in [3.8, 4) is 0 Å². The van der Waals surface area contributed by atoms with Gasteiger partial charge in [-0.15, -0.1) is 0 Å². The molecule has 2 aromatic rings. The number of nitrogens with zero attached hydrogens (tertiary/aromatic N) is 1.